The molecule has 2 aromatic carbocycles. The largest absolute Gasteiger partial charge is 0.341 e. The maximum Gasteiger partial charge on any atom is 0.232 e. The van der Waals surface area contributed by atoms with Gasteiger partial charge in [0, 0.05) is 39.5 Å². The molecular weight excluding hydrogens is 414 g/mol. The Kier molecular flexibility index (Phi) is 6.60. The summed E-state index contributed by atoms with van der Waals surface area (Å²) in [7, 11) is 5.97. The van der Waals surface area contributed by atoms with Crippen LogP contribution in [0, 0.1) is 5.92 Å². The second-order valence-corrected chi connectivity index (χ2v) is 9.00. The van der Waals surface area contributed by atoms with Crippen LogP contribution in [0.15, 0.2) is 60.8 Å². The fourth-order valence-corrected chi connectivity index (χ4v) is 4.51. The van der Waals surface area contributed by atoms with Crippen LogP contribution < -0.4 is 5.32 Å². The molecule has 1 saturated heterocycles. The van der Waals surface area contributed by atoms with Crippen LogP contribution in [-0.4, -0.2) is 58.4 Å². The van der Waals surface area contributed by atoms with Gasteiger partial charge in [-0.05, 0) is 30.8 Å². The Morgan fingerprint density at radius 3 is 2.39 bits per heavy atom. The minimum atomic E-state index is -0.342. The van der Waals surface area contributed by atoms with E-state index in [1.54, 1.807) is 18.0 Å². The zero-order valence-electron chi connectivity index (χ0n) is 19.7. The lowest BCUT2D eigenvalue weighted by Crippen LogP contribution is -2.31. The Balaban J connectivity index is 1.55. The monoisotopic (exact) mass is 445 g/mol. The maximum absolute atomic E-state index is 13.4. The third-order valence-electron chi connectivity index (χ3n) is 6.30. The molecule has 2 heterocycles. The molecule has 4 rings (SSSR count). The molecular formula is C26H31N5O2. The van der Waals surface area contributed by atoms with Crippen molar-refractivity contribution in [2.75, 3.05) is 32.5 Å². The van der Waals surface area contributed by atoms with Crippen LogP contribution in [0.4, 0.5) is 5.95 Å². The number of benzene rings is 2. The van der Waals surface area contributed by atoms with E-state index in [1.165, 1.54) is 5.56 Å². The van der Waals surface area contributed by atoms with Crippen LogP contribution in [0.5, 0.6) is 0 Å². The van der Waals surface area contributed by atoms with Crippen molar-refractivity contribution in [2.24, 2.45) is 13.0 Å². The Hall–Kier alpha value is -3.45. The highest BCUT2D eigenvalue weighted by Gasteiger charge is 2.39. The van der Waals surface area contributed by atoms with Crippen molar-refractivity contribution in [1.29, 1.82) is 0 Å². The van der Waals surface area contributed by atoms with Crippen LogP contribution in [0.2, 0.25) is 0 Å². The molecule has 0 spiro atoms. The van der Waals surface area contributed by atoms with E-state index in [4.69, 9.17) is 0 Å². The van der Waals surface area contributed by atoms with Gasteiger partial charge in [0.2, 0.25) is 17.8 Å². The number of anilines is 1. The minimum absolute atomic E-state index is 0.0112. The van der Waals surface area contributed by atoms with Gasteiger partial charge in [0.15, 0.2) is 0 Å². The van der Waals surface area contributed by atoms with Crippen LogP contribution >= 0.6 is 0 Å². The predicted octanol–water partition coefficient (Wildman–Crippen LogP) is 3.35. The third-order valence-corrected chi connectivity index (χ3v) is 6.30. The summed E-state index contributed by atoms with van der Waals surface area (Å²) in [6.45, 7) is 3.36. The van der Waals surface area contributed by atoms with Crippen LogP contribution in [0.25, 0.3) is 11.3 Å². The zero-order chi connectivity index (χ0) is 23.5. The lowest BCUT2D eigenvalue weighted by Gasteiger charge is -2.19. The van der Waals surface area contributed by atoms with Gasteiger partial charge >= 0.3 is 0 Å². The van der Waals surface area contributed by atoms with Crippen molar-refractivity contribution in [3.05, 3.63) is 71.9 Å². The van der Waals surface area contributed by atoms with Crippen molar-refractivity contribution in [3.8, 4) is 11.3 Å². The first-order chi connectivity index (χ1) is 15.8. The quantitative estimate of drug-likeness (QED) is 0.632. The summed E-state index contributed by atoms with van der Waals surface area (Å²) < 4.78 is 1.88. The molecule has 1 aliphatic rings. The number of nitrogens with zero attached hydrogens (tertiary/aromatic N) is 4. The van der Waals surface area contributed by atoms with Gasteiger partial charge in [0.25, 0.3) is 0 Å². The predicted molar refractivity (Wildman–Crippen MR) is 130 cm³/mol. The van der Waals surface area contributed by atoms with Gasteiger partial charge in [-0.3, -0.25) is 14.9 Å². The van der Waals surface area contributed by atoms with Crippen molar-refractivity contribution in [3.63, 3.8) is 0 Å². The van der Waals surface area contributed by atoms with E-state index in [-0.39, 0.29) is 23.7 Å². The molecule has 2 atom stereocenters. The first-order valence-corrected chi connectivity index (χ1v) is 11.2. The smallest absolute Gasteiger partial charge is 0.232 e. The van der Waals surface area contributed by atoms with Gasteiger partial charge in [0.1, 0.15) is 0 Å². The minimum Gasteiger partial charge on any atom is -0.341 e. The fraction of sp³-hybridized carbons (Fsp3) is 0.346. The summed E-state index contributed by atoms with van der Waals surface area (Å²) in [6, 6.07) is 18.3. The Labute approximate surface area is 195 Å². The molecule has 7 nitrogen and oxygen atoms in total. The van der Waals surface area contributed by atoms with E-state index in [0.717, 1.165) is 23.4 Å². The van der Waals surface area contributed by atoms with Crippen molar-refractivity contribution >= 4 is 17.8 Å². The molecule has 0 unspecified atom stereocenters. The standard InChI is InChI=1S/C26H31N5O2/c1-18(32)31-16-22(20-12-10-19(11-13-20)15-29(2)3)23(17-31)25(33)28-26-27-14-24(30(26)4)21-8-6-5-7-9-21/h5-14,22-23H,15-17H2,1-4H3,(H,27,28,33)/t22-,23+/m1/s1. The van der Waals surface area contributed by atoms with Gasteiger partial charge < -0.3 is 14.4 Å². The average Bonchev–Trinajstić information content (AvgIpc) is 3.39. The lowest BCUT2D eigenvalue weighted by molar-refractivity contribution is -0.128. The van der Waals surface area contributed by atoms with Gasteiger partial charge in [-0.2, -0.15) is 0 Å². The first kappa shape index (κ1) is 22.7. The molecule has 0 radical (unpaired) electrons. The molecule has 1 aromatic heterocycles. The van der Waals surface area contributed by atoms with Crippen molar-refractivity contribution in [2.45, 2.75) is 19.4 Å². The summed E-state index contributed by atoms with van der Waals surface area (Å²) >= 11 is 0. The molecule has 0 saturated carbocycles. The van der Waals surface area contributed by atoms with Crippen LogP contribution in [-0.2, 0) is 23.2 Å². The Bertz CT molecular complexity index is 1120. The van der Waals surface area contributed by atoms with E-state index < -0.39 is 0 Å². The molecule has 2 amide bonds. The first-order valence-electron chi connectivity index (χ1n) is 11.2. The number of carbonyl (C=O) groups excluding carboxylic acids is 2. The molecule has 0 bridgehead atoms. The summed E-state index contributed by atoms with van der Waals surface area (Å²) in [6.07, 6.45) is 1.77. The summed E-state index contributed by atoms with van der Waals surface area (Å²) in [5.74, 6) is -0.0286. The van der Waals surface area contributed by atoms with E-state index >= 15 is 0 Å². The SMILES string of the molecule is CC(=O)N1C[C@H](C(=O)Nc2ncc(-c3ccccc3)n2C)[C@@H](c2ccc(CN(C)C)cc2)C1. The molecule has 172 valence electrons. The maximum atomic E-state index is 13.4. The summed E-state index contributed by atoms with van der Waals surface area (Å²) in [4.78, 5) is 33.8. The normalized spacial score (nSPS) is 18.0. The molecule has 33 heavy (non-hydrogen) atoms. The highest BCUT2D eigenvalue weighted by atomic mass is 16.2. The highest BCUT2D eigenvalue weighted by molar-refractivity contribution is 5.93. The average molecular weight is 446 g/mol. The molecule has 3 aromatic rings. The van der Waals surface area contributed by atoms with Crippen molar-refractivity contribution < 1.29 is 9.59 Å². The van der Waals surface area contributed by atoms with E-state index in [0.29, 0.717) is 19.0 Å². The van der Waals surface area contributed by atoms with Gasteiger partial charge in [-0.1, -0.05) is 54.6 Å². The van der Waals surface area contributed by atoms with E-state index in [1.807, 2.05) is 56.0 Å². The summed E-state index contributed by atoms with van der Waals surface area (Å²) in [5, 5.41) is 3.01. The second-order valence-electron chi connectivity index (χ2n) is 9.00. The third kappa shape index (κ3) is 4.98. The number of rotatable bonds is 6. The number of nitrogens with one attached hydrogen (secondary N) is 1. The van der Waals surface area contributed by atoms with E-state index in [2.05, 4.69) is 39.5 Å². The summed E-state index contributed by atoms with van der Waals surface area (Å²) in [5.41, 5.74) is 4.25. The molecule has 0 aliphatic carbocycles. The van der Waals surface area contributed by atoms with Crippen molar-refractivity contribution in [1.82, 2.24) is 19.4 Å². The number of likely N-dealkylation sites (tertiary alicyclic amines) is 1. The molecule has 7 heteroatoms. The van der Waals surface area contributed by atoms with Crippen LogP contribution in [0.1, 0.15) is 24.0 Å². The number of amides is 2. The number of imidazole rings is 1. The number of hydrogen-bond donors (Lipinski definition) is 1. The molecule has 1 aliphatic heterocycles. The highest BCUT2D eigenvalue weighted by Crippen LogP contribution is 2.34. The number of aromatic nitrogens is 2. The lowest BCUT2D eigenvalue weighted by atomic mass is 9.88. The topological polar surface area (TPSA) is 70.5 Å². The number of hydrogen-bond acceptors (Lipinski definition) is 4. The number of carbonyl (C=O) groups is 2. The Morgan fingerprint density at radius 1 is 1.06 bits per heavy atom. The molecule has 1 fully saturated rings. The van der Waals surface area contributed by atoms with Gasteiger partial charge in [-0.25, -0.2) is 4.98 Å². The van der Waals surface area contributed by atoms with E-state index in [9.17, 15) is 9.59 Å². The zero-order valence-corrected chi connectivity index (χ0v) is 19.7. The second kappa shape index (κ2) is 9.58. The van der Waals surface area contributed by atoms with Gasteiger partial charge in [0.05, 0.1) is 17.8 Å². The molecule has 1 N–H and O–H groups in total. The Morgan fingerprint density at radius 2 is 1.76 bits per heavy atom. The van der Waals surface area contributed by atoms with Crippen LogP contribution in [0.3, 0.4) is 0 Å². The van der Waals surface area contributed by atoms with Gasteiger partial charge in [-0.15, -0.1) is 0 Å². The fourth-order valence-electron chi connectivity index (χ4n) is 4.51.